The predicted molar refractivity (Wildman–Crippen MR) is 176 cm³/mol. The van der Waals surface area contributed by atoms with Crippen LogP contribution in [-0.2, 0) is 9.47 Å². The van der Waals surface area contributed by atoms with E-state index in [1.54, 1.807) is 28.1 Å². The van der Waals surface area contributed by atoms with Crippen molar-refractivity contribution < 1.29 is 24.5 Å². The standard InChI is InChI=1S/C36H42N6O4/c1-35(2,3)45-33(43)41-19-7-9-29(41)31-37-22-28(40-31)25-16-13-23(14-17-25)11-12-24-15-18-26-27(21-24)39-32(38-26)30-10-8-20-42(30)34(44)46-36(4,5)6/h13-18,21-22,29-30H,7-10,19-20H2,1-6H3,(H,37,40)(H,38,39)/t29-,30-/m0/s1/i13D,14D,16D,17D. The Labute approximate surface area is 275 Å². The molecule has 4 aromatic rings. The van der Waals surface area contributed by atoms with Gasteiger partial charge in [-0.15, -0.1) is 0 Å². The highest BCUT2D eigenvalue weighted by Gasteiger charge is 2.36. The molecule has 0 saturated carbocycles. The molecule has 2 aromatic heterocycles. The molecule has 2 atom stereocenters. The number of carbonyl (C=O) groups excluding carboxylic acids is 2. The summed E-state index contributed by atoms with van der Waals surface area (Å²) >= 11 is 0. The van der Waals surface area contributed by atoms with Crippen molar-refractivity contribution in [2.75, 3.05) is 13.1 Å². The van der Waals surface area contributed by atoms with Crippen LogP contribution in [0.25, 0.3) is 22.3 Å². The van der Waals surface area contributed by atoms with Crippen molar-refractivity contribution in [3.05, 3.63) is 71.3 Å². The van der Waals surface area contributed by atoms with Gasteiger partial charge < -0.3 is 19.4 Å². The Hall–Kier alpha value is -4.78. The number of carbonyl (C=O) groups is 2. The lowest BCUT2D eigenvalue weighted by atomic mass is 10.1. The van der Waals surface area contributed by atoms with Gasteiger partial charge in [0.05, 0.1) is 34.3 Å². The lowest BCUT2D eigenvalue weighted by molar-refractivity contribution is 0.0208. The zero-order chi connectivity index (χ0) is 36.1. The SMILES string of the molecule is [2H]c1c([2H])c(-c2c[nH]c([C@@H]3CCCN3C(=O)OC(C)(C)C)n2)c([2H])c([2H])c1C#Cc1ccc2[nH]c([C@@H]3CCCN3C(=O)OC(C)(C)C)nc2c1. The number of H-pyrrole nitrogens is 2. The second-order valence-electron chi connectivity index (χ2n) is 13.7. The zero-order valence-electron chi connectivity index (χ0n) is 31.1. The number of aromatic amines is 2. The van der Waals surface area contributed by atoms with Gasteiger partial charge in [0, 0.05) is 36.0 Å². The van der Waals surface area contributed by atoms with Gasteiger partial charge in [-0.05, 0) is 97.5 Å². The first-order chi connectivity index (χ1) is 23.5. The number of imidazole rings is 2. The van der Waals surface area contributed by atoms with Crippen LogP contribution in [0.15, 0.2) is 48.6 Å². The first-order valence-electron chi connectivity index (χ1n) is 17.7. The molecule has 240 valence electrons. The fourth-order valence-electron chi connectivity index (χ4n) is 5.71. The van der Waals surface area contributed by atoms with E-state index < -0.39 is 17.3 Å². The average molecular weight is 627 g/mol. The van der Waals surface area contributed by atoms with Crippen LogP contribution in [0.3, 0.4) is 0 Å². The molecule has 10 nitrogen and oxygen atoms in total. The summed E-state index contributed by atoms with van der Waals surface area (Å²) in [5, 5.41) is 0. The maximum Gasteiger partial charge on any atom is 0.410 e. The minimum atomic E-state index is -0.643. The van der Waals surface area contributed by atoms with Crippen molar-refractivity contribution in [3.8, 4) is 23.1 Å². The fraction of sp³-hybridized carbons (Fsp3) is 0.444. The summed E-state index contributed by atoms with van der Waals surface area (Å²) in [6.07, 6.45) is 3.78. The third kappa shape index (κ3) is 7.04. The Balaban J connectivity index is 1.24. The van der Waals surface area contributed by atoms with Crippen LogP contribution in [0.5, 0.6) is 0 Å². The summed E-state index contributed by atoms with van der Waals surface area (Å²) in [5.41, 5.74) is 1.03. The highest BCUT2D eigenvalue weighted by atomic mass is 16.6. The summed E-state index contributed by atoms with van der Waals surface area (Å²) in [7, 11) is 0. The second-order valence-corrected chi connectivity index (χ2v) is 13.7. The van der Waals surface area contributed by atoms with Crippen molar-refractivity contribution >= 4 is 23.2 Å². The van der Waals surface area contributed by atoms with E-state index in [0.29, 0.717) is 42.2 Å². The molecule has 0 aliphatic carbocycles. The van der Waals surface area contributed by atoms with Crippen LogP contribution in [-0.4, -0.2) is 66.2 Å². The van der Waals surface area contributed by atoms with Gasteiger partial charge in [-0.3, -0.25) is 9.80 Å². The van der Waals surface area contributed by atoms with Gasteiger partial charge in [0.1, 0.15) is 22.9 Å². The number of likely N-dealkylation sites (tertiary alicyclic amines) is 2. The monoisotopic (exact) mass is 626 g/mol. The molecular weight excluding hydrogens is 580 g/mol. The van der Waals surface area contributed by atoms with E-state index in [-0.39, 0.29) is 59.2 Å². The van der Waals surface area contributed by atoms with E-state index in [4.69, 9.17) is 19.9 Å². The maximum absolute atomic E-state index is 12.8. The van der Waals surface area contributed by atoms with Crippen molar-refractivity contribution in [2.45, 2.75) is 90.5 Å². The number of rotatable bonds is 3. The van der Waals surface area contributed by atoms with Gasteiger partial charge in [0.25, 0.3) is 0 Å². The molecule has 2 aliphatic rings. The number of fused-ring (bicyclic) bond motifs is 1. The summed E-state index contributed by atoms with van der Waals surface area (Å²) in [5.74, 6) is 7.00. The fourth-order valence-corrected chi connectivity index (χ4v) is 5.71. The topological polar surface area (TPSA) is 116 Å². The molecule has 2 fully saturated rings. The van der Waals surface area contributed by atoms with Crippen LogP contribution in [0, 0.1) is 11.8 Å². The van der Waals surface area contributed by atoms with E-state index in [9.17, 15) is 9.59 Å². The van der Waals surface area contributed by atoms with E-state index >= 15 is 0 Å². The molecule has 10 heteroatoms. The minimum Gasteiger partial charge on any atom is -0.444 e. The van der Waals surface area contributed by atoms with Gasteiger partial charge >= 0.3 is 12.2 Å². The molecule has 2 aromatic carbocycles. The third-order valence-corrected chi connectivity index (χ3v) is 7.70. The number of ether oxygens (including phenoxy) is 2. The quantitative estimate of drug-likeness (QED) is 0.228. The van der Waals surface area contributed by atoms with Crippen molar-refractivity contribution in [1.29, 1.82) is 0 Å². The summed E-state index contributed by atoms with van der Waals surface area (Å²) < 4.78 is 46.1. The van der Waals surface area contributed by atoms with Gasteiger partial charge in [-0.2, -0.15) is 0 Å². The van der Waals surface area contributed by atoms with Crippen molar-refractivity contribution in [3.63, 3.8) is 0 Å². The minimum absolute atomic E-state index is 0.0341. The molecule has 46 heavy (non-hydrogen) atoms. The Bertz CT molecular complexity index is 2000. The molecule has 0 radical (unpaired) electrons. The largest absolute Gasteiger partial charge is 0.444 e. The molecule has 2 aliphatic heterocycles. The molecule has 0 unspecified atom stereocenters. The number of nitrogens with one attached hydrogen (secondary N) is 2. The number of nitrogens with zero attached hydrogens (tertiary/aromatic N) is 4. The van der Waals surface area contributed by atoms with E-state index in [0.717, 1.165) is 24.8 Å². The zero-order valence-corrected chi connectivity index (χ0v) is 27.1. The molecule has 6 rings (SSSR count). The highest BCUT2D eigenvalue weighted by Crippen LogP contribution is 2.34. The Morgan fingerprint density at radius 2 is 1.43 bits per heavy atom. The smallest absolute Gasteiger partial charge is 0.410 e. The number of benzene rings is 2. The number of aromatic nitrogens is 4. The van der Waals surface area contributed by atoms with Gasteiger partial charge in [-0.1, -0.05) is 23.9 Å². The maximum atomic E-state index is 12.8. The molecule has 4 heterocycles. The second kappa shape index (κ2) is 12.2. The third-order valence-electron chi connectivity index (χ3n) is 7.70. The van der Waals surface area contributed by atoms with Gasteiger partial charge in [0.2, 0.25) is 0 Å². The summed E-state index contributed by atoms with van der Waals surface area (Å²) in [4.78, 5) is 44.8. The van der Waals surface area contributed by atoms with E-state index in [1.165, 1.54) is 0 Å². The lowest BCUT2D eigenvalue weighted by Gasteiger charge is -2.27. The number of hydrogen-bond donors (Lipinski definition) is 2. The first-order valence-corrected chi connectivity index (χ1v) is 15.7. The van der Waals surface area contributed by atoms with Crippen molar-refractivity contribution in [1.82, 2.24) is 29.7 Å². The molecule has 2 amide bonds. The molecule has 2 saturated heterocycles. The predicted octanol–water partition coefficient (Wildman–Crippen LogP) is 7.50. The summed E-state index contributed by atoms with van der Waals surface area (Å²) in [6, 6.07) is 3.74. The molecular formula is C36H42N6O4. The molecule has 0 bridgehead atoms. The van der Waals surface area contributed by atoms with Crippen LogP contribution < -0.4 is 0 Å². The first kappa shape index (κ1) is 26.4. The van der Waals surface area contributed by atoms with E-state index in [1.807, 2.05) is 47.6 Å². The van der Waals surface area contributed by atoms with Crippen LogP contribution in [0.1, 0.15) is 108 Å². The van der Waals surface area contributed by atoms with E-state index in [2.05, 4.69) is 26.8 Å². The Kier molecular flexibility index (Phi) is 7.01. The van der Waals surface area contributed by atoms with Crippen LogP contribution in [0.4, 0.5) is 9.59 Å². The Morgan fingerprint density at radius 3 is 2.04 bits per heavy atom. The number of hydrogen-bond acceptors (Lipinski definition) is 6. The average Bonchev–Trinajstić information content (AvgIpc) is 3.84. The number of amides is 2. The normalized spacial score (nSPS) is 19.7. The summed E-state index contributed by atoms with van der Waals surface area (Å²) in [6.45, 7) is 12.1. The molecule has 0 spiro atoms. The van der Waals surface area contributed by atoms with Gasteiger partial charge in [0.15, 0.2) is 0 Å². The van der Waals surface area contributed by atoms with Crippen molar-refractivity contribution in [2.24, 2.45) is 0 Å². The lowest BCUT2D eigenvalue weighted by Crippen LogP contribution is -2.36. The Morgan fingerprint density at radius 1 is 0.848 bits per heavy atom. The highest BCUT2D eigenvalue weighted by molar-refractivity contribution is 5.77. The van der Waals surface area contributed by atoms with Crippen LogP contribution in [0.2, 0.25) is 0 Å². The van der Waals surface area contributed by atoms with Crippen LogP contribution >= 0.6 is 0 Å². The van der Waals surface area contributed by atoms with Gasteiger partial charge in [-0.25, -0.2) is 19.6 Å². The molecule has 2 N–H and O–H groups in total.